The summed E-state index contributed by atoms with van der Waals surface area (Å²) >= 11 is 1.49. The molecule has 2 aromatic carbocycles. The molecule has 0 atom stereocenters. The summed E-state index contributed by atoms with van der Waals surface area (Å²) < 4.78 is 21.7. The van der Waals surface area contributed by atoms with Gasteiger partial charge in [-0.3, -0.25) is 14.4 Å². The maximum atomic E-state index is 13.3. The number of para-hydroxylation sites is 1. The van der Waals surface area contributed by atoms with Gasteiger partial charge in [0, 0.05) is 12.2 Å². The number of carbonyl (C=O) groups is 1. The van der Waals surface area contributed by atoms with Crippen LogP contribution in [0.25, 0.3) is 10.2 Å². The van der Waals surface area contributed by atoms with E-state index >= 15 is 0 Å². The molecular weight excluding hydrogens is 439 g/mol. The Morgan fingerprint density at radius 3 is 2.61 bits per heavy atom. The molecule has 1 amide bonds. The summed E-state index contributed by atoms with van der Waals surface area (Å²) in [6.07, 6.45) is 0. The number of nitrogens with zero attached hydrogens (tertiary/aromatic N) is 4. The third-order valence-corrected chi connectivity index (χ3v) is 6.45. The van der Waals surface area contributed by atoms with Crippen molar-refractivity contribution in [1.82, 2.24) is 14.8 Å². The van der Waals surface area contributed by atoms with E-state index in [2.05, 4.69) is 25.0 Å². The predicted molar refractivity (Wildman–Crippen MR) is 130 cm³/mol. The van der Waals surface area contributed by atoms with Gasteiger partial charge in [-0.15, -0.1) is 0 Å². The van der Waals surface area contributed by atoms with Crippen molar-refractivity contribution in [2.75, 3.05) is 18.1 Å². The lowest BCUT2D eigenvalue weighted by Crippen LogP contribution is -2.37. The predicted octanol–water partition coefficient (Wildman–Crippen LogP) is 5.48. The summed E-state index contributed by atoms with van der Waals surface area (Å²) in [6, 6.07) is 13.8. The highest BCUT2D eigenvalue weighted by Gasteiger charge is 2.22. The van der Waals surface area contributed by atoms with E-state index in [1.807, 2.05) is 36.7 Å². The van der Waals surface area contributed by atoms with Crippen molar-refractivity contribution in [2.45, 2.75) is 40.2 Å². The van der Waals surface area contributed by atoms with Crippen molar-refractivity contribution >= 4 is 32.6 Å². The van der Waals surface area contributed by atoms with Crippen LogP contribution in [0.3, 0.4) is 0 Å². The molecular formula is C25H27FN4O2S. The van der Waals surface area contributed by atoms with E-state index in [1.54, 1.807) is 4.90 Å². The first-order chi connectivity index (χ1) is 15.8. The Balaban J connectivity index is 1.60. The highest BCUT2D eigenvalue weighted by atomic mass is 32.1. The topological polar surface area (TPSA) is 60.2 Å². The van der Waals surface area contributed by atoms with Gasteiger partial charge in [0.25, 0.3) is 5.91 Å². The number of aryl methyl sites for hydroxylation is 2. The summed E-state index contributed by atoms with van der Waals surface area (Å²) in [5, 5.41) is 5.14. The minimum absolute atomic E-state index is 0.171. The highest BCUT2D eigenvalue weighted by Crippen LogP contribution is 2.33. The normalized spacial score (nSPS) is 11.3. The van der Waals surface area contributed by atoms with E-state index in [0.29, 0.717) is 29.9 Å². The number of hydrogen-bond acceptors (Lipinski definition) is 5. The molecule has 0 spiro atoms. The first-order valence-electron chi connectivity index (χ1n) is 10.9. The van der Waals surface area contributed by atoms with E-state index in [9.17, 15) is 9.18 Å². The number of thiazole rings is 1. The molecule has 8 heteroatoms. The molecule has 0 fully saturated rings. The van der Waals surface area contributed by atoms with E-state index in [1.165, 1.54) is 35.6 Å². The Labute approximate surface area is 196 Å². The number of ether oxygens (including phenoxy) is 1. The zero-order chi connectivity index (χ0) is 23.5. The molecule has 6 nitrogen and oxygen atoms in total. The third-order valence-electron chi connectivity index (χ3n) is 5.41. The van der Waals surface area contributed by atoms with Gasteiger partial charge < -0.3 is 4.74 Å². The van der Waals surface area contributed by atoms with Crippen LogP contribution < -0.4 is 9.64 Å². The first kappa shape index (κ1) is 22.9. The first-order valence-corrected chi connectivity index (χ1v) is 11.7. The molecule has 2 aromatic heterocycles. The zero-order valence-corrected chi connectivity index (χ0v) is 20.0. The van der Waals surface area contributed by atoms with Crippen LogP contribution in [-0.4, -0.2) is 33.8 Å². The number of amides is 1. The second-order valence-electron chi connectivity index (χ2n) is 8.28. The smallest absolute Gasteiger partial charge is 0.266 e. The highest BCUT2D eigenvalue weighted by molar-refractivity contribution is 7.22. The minimum atomic E-state index is -0.351. The van der Waals surface area contributed by atoms with Crippen LogP contribution in [0.2, 0.25) is 0 Å². The van der Waals surface area contributed by atoms with Gasteiger partial charge in [-0.1, -0.05) is 37.3 Å². The average Bonchev–Trinajstić information content (AvgIpc) is 3.35. The quantitative estimate of drug-likeness (QED) is 0.345. The number of anilines is 1. The Morgan fingerprint density at radius 1 is 1.18 bits per heavy atom. The van der Waals surface area contributed by atoms with Gasteiger partial charge in [0.05, 0.1) is 22.5 Å². The fraction of sp³-hybridized carbons (Fsp3) is 0.320. The Kier molecular flexibility index (Phi) is 6.74. The molecule has 4 rings (SSSR count). The van der Waals surface area contributed by atoms with Crippen molar-refractivity contribution in [3.8, 4) is 5.75 Å². The fourth-order valence-corrected chi connectivity index (χ4v) is 4.76. The number of aromatic nitrogens is 3. The van der Waals surface area contributed by atoms with Crippen LogP contribution in [0.5, 0.6) is 5.75 Å². The van der Waals surface area contributed by atoms with Crippen LogP contribution >= 0.6 is 11.3 Å². The molecule has 0 aliphatic heterocycles. The van der Waals surface area contributed by atoms with Crippen molar-refractivity contribution < 1.29 is 13.9 Å². The van der Waals surface area contributed by atoms with Crippen LogP contribution in [0.15, 0.2) is 48.5 Å². The van der Waals surface area contributed by atoms with Crippen molar-refractivity contribution in [3.63, 3.8) is 0 Å². The van der Waals surface area contributed by atoms with Crippen LogP contribution in [0.4, 0.5) is 9.52 Å². The summed E-state index contributed by atoms with van der Waals surface area (Å²) in [5.74, 6) is 0.195. The van der Waals surface area contributed by atoms with E-state index < -0.39 is 0 Å². The molecule has 0 radical (unpaired) electrons. The molecule has 0 unspecified atom stereocenters. The van der Waals surface area contributed by atoms with Crippen LogP contribution in [0.1, 0.15) is 36.7 Å². The number of halogens is 1. The van der Waals surface area contributed by atoms with E-state index in [0.717, 1.165) is 27.2 Å². The molecule has 0 bridgehead atoms. The second kappa shape index (κ2) is 9.70. The summed E-state index contributed by atoms with van der Waals surface area (Å²) in [4.78, 5) is 19.8. The molecule has 0 aliphatic carbocycles. The standard InChI is InChI=1S/C25H27FN4O2S/c1-16(2)21-6-5-7-22-24(21)27-25(33-22)29(12-13-30-18(4)14-17(3)28-30)23(31)15-32-20-10-8-19(26)9-11-20/h5-11,14,16H,12-13,15H2,1-4H3. The molecule has 4 aromatic rings. The molecule has 0 aliphatic rings. The van der Waals surface area contributed by atoms with Gasteiger partial charge >= 0.3 is 0 Å². The number of fused-ring (bicyclic) bond motifs is 1. The van der Waals surface area contributed by atoms with Crippen molar-refractivity contribution in [3.05, 3.63) is 71.3 Å². The number of rotatable bonds is 8. The number of hydrogen-bond donors (Lipinski definition) is 0. The van der Waals surface area contributed by atoms with Gasteiger partial charge in [0.15, 0.2) is 11.7 Å². The number of benzene rings is 2. The molecule has 0 N–H and O–H groups in total. The van der Waals surface area contributed by atoms with Gasteiger partial charge in [-0.25, -0.2) is 9.37 Å². The van der Waals surface area contributed by atoms with Gasteiger partial charge in [-0.05, 0) is 61.7 Å². The fourth-order valence-electron chi connectivity index (χ4n) is 3.72. The maximum Gasteiger partial charge on any atom is 0.266 e. The van der Waals surface area contributed by atoms with Crippen LogP contribution in [-0.2, 0) is 11.3 Å². The van der Waals surface area contributed by atoms with Crippen LogP contribution in [0, 0.1) is 19.7 Å². The van der Waals surface area contributed by atoms with Gasteiger partial charge in [0.1, 0.15) is 11.6 Å². The monoisotopic (exact) mass is 466 g/mol. The summed E-state index contributed by atoms with van der Waals surface area (Å²) in [7, 11) is 0. The largest absolute Gasteiger partial charge is 0.484 e. The SMILES string of the molecule is Cc1cc(C)n(CCN(C(=O)COc2ccc(F)cc2)c2nc3c(C(C)C)cccc3s2)n1. The Hall–Kier alpha value is -3.26. The molecule has 33 heavy (non-hydrogen) atoms. The maximum absolute atomic E-state index is 13.3. The third kappa shape index (κ3) is 5.22. The minimum Gasteiger partial charge on any atom is -0.484 e. The zero-order valence-electron chi connectivity index (χ0n) is 19.2. The Morgan fingerprint density at radius 2 is 1.94 bits per heavy atom. The summed E-state index contributed by atoms with van der Waals surface area (Å²) in [6.45, 7) is 8.99. The van der Waals surface area contributed by atoms with Gasteiger partial charge in [0.2, 0.25) is 0 Å². The Bertz CT molecular complexity index is 1260. The lowest BCUT2D eigenvalue weighted by atomic mass is 10.0. The second-order valence-corrected chi connectivity index (χ2v) is 9.29. The molecule has 0 saturated carbocycles. The van der Waals surface area contributed by atoms with Crippen molar-refractivity contribution in [1.29, 1.82) is 0 Å². The van der Waals surface area contributed by atoms with Crippen molar-refractivity contribution in [2.24, 2.45) is 0 Å². The lowest BCUT2D eigenvalue weighted by Gasteiger charge is -2.20. The molecule has 172 valence electrons. The van der Waals surface area contributed by atoms with Gasteiger partial charge in [-0.2, -0.15) is 5.10 Å². The van der Waals surface area contributed by atoms with E-state index in [-0.39, 0.29) is 18.3 Å². The lowest BCUT2D eigenvalue weighted by molar-refractivity contribution is -0.120. The molecule has 0 saturated heterocycles. The molecule has 2 heterocycles. The van der Waals surface area contributed by atoms with E-state index in [4.69, 9.17) is 9.72 Å². The number of carbonyl (C=O) groups excluding carboxylic acids is 1. The summed E-state index contributed by atoms with van der Waals surface area (Å²) in [5.41, 5.74) is 4.06. The average molecular weight is 467 g/mol.